The second-order valence-corrected chi connectivity index (χ2v) is 8.87. The Labute approximate surface area is 138 Å². The van der Waals surface area contributed by atoms with Gasteiger partial charge in [0.25, 0.3) is 0 Å². The van der Waals surface area contributed by atoms with Crippen molar-refractivity contribution in [2.24, 2.45) is 5.92 Å². The lowest BCUT2D eigenvalue weighted by Gasteiger charge is -2.34. The molecule has 0 unspecified atom stereocenters. The first-order chi connectivity index (χ1) is 10.4. The average molecular weight is 324 g/mol. The fourth-order valence-electron chi connectivity index (χ4n) is 3.48. The van der Waals surface area contributed by atoms with Gasteiger partial charge in [0.1, 0.15) is 5.01 Å². The van der Waals surface area contributed by atoms with E-state index in [0.717, 1.165) is 38.8 Å². The van der Waals surface area contributed by atoms with Gasteiger partial charge in [-0.3, -0.25) is 9.80 Å². The van der Waals surface area contributed by atoms with Gasteiger partial charge in [-0.25, -0.2) is 4.98 Å². The molecule has 0 N–H and O–H groups in total. The van der Waals surface area contributed by atoms with Gasteiger partial charge in [-0.1, -0.05) is 27.7 Å². The van der Waals surface area contributed by atoms with E-state index in [0.29, 0.717) is 6.04 Å². The van der Waals surface area contributed by atoms with Gasteiger partial charge in [-0.15, -0.1) is 11.3 Å². The highest BCUT2D eigenvalue weighted by Crippen LogP contribution is 2.30. The smallest absolute Gasteiger partial charge is 0.107 e. The zero-order valence-corrected chi connectivity index (χ0v) is 15.2. The molecule has 124 valence electrons. The third-order valence-corrected chi connectivity index (χ3v) is 6.22. The zero-order chi connectivity index (χ0) is 15.7. The van der Waals surface area contributed by atoms with E-state index in [-0.39, 0.29) is 5.41 Å². The molecule has 0 bridgehead atoms. The molecule has 0 radical (unpaired) electrons. The zero-order valence-electron chi connectivity index (χ0n) is 14.3. The first kappa shape index (κ1) is 16.4. The fraction of sp³-hybridized carbons (Fsp3) is 0.824. The summed E-state index contributed by atoms with van der Waals surface area (Å²) >= 11 is 1.88. The van der Waals surface area contributed by atoms with Gasteiger partial charge in [0.2, 0.25) is 0 Å². The molecule has 1 aromatic heterocycles. The topological polar surface area (TPSA) is 28.6 Å². The van der Waals surface area contributed by atoms with Crippen molar-refractivity contribution in [1.82, 2.24) is 14.8 Å². The maximum Gasteiger partial charge on any atom is 0.107 e. The van der Waals surface area contributed by atoms with Gasteiger partial charge in [0, 0.05) is 43.3 Å². The van der Waals surface area contributed by atoms with Crippen LogP contribution in [0.25, 0.3) is 0 Å². The normalized spacial score (nSPS) is 28.4. The molecule has 3 rings (SSSR count). The van der Waals surface area contributed by atoms with Crippen molar-refractivity contribution in [2.75, 3.05) is 39.4 Å². The molecule has 2 fully saturated rings. The summed E-state index contributed by atoms with van der Waals surface area (Å²) in [6.45, 7) is 16.5. The summed E-state index contributed by atoms with van der Waals surface area (Å²) in [6, 6.07) is 0.686. The Morgan fingerprint density at radius 1 is 1.27 bits per heavy atom. The quantitative estimate of drug-likeness (QED) is 0.855. The first-order valence-electron chi connectivity index (χ1n) is 8.43. The predicted octanol–water partition coefficient (Wildman–Crippen LogP) is 2.59. The van der Waals surface area contributed by atoms with Gasteiger partial charge in [0.05, 0.1) is 19.8 Å². The first-order valence-corrected chi connectivity index (χ1v) is 9.24. The maximum atomic E-state index is 5.49. The number of thiazole rings is 1. The van der Waals surface area contributed by atoms with Crippen LogP contribution in [0, 0.1) is 5.92 Å². The van der Waals surface area contributed by atoms with Gasteiger partial charge in [-0.2, -0.15) is 0 Å². The number of rotatable bonds is 3. The molecule has 0 aliphatic carbocycles. The van der Waals surface area contributed by atoms with Crippen molar-refractivity contribution in [3.63, 3.8) is 0 Å². The highest BCUT2D eigenvalue weighted by molar-refractivity contribution is 7.11. The van der Waals surface area contributed by atoms with E-state index in [2.05, 4.69) is 48.7 Å². The molecule has 2 aliphatic rings. The van der Waals surface area contributed by atoms with Crippen LogP contribution in [0.1, 0.15) is 37.6 Å². The minimum atomic E-state index is 0.213. The van der Waals surface area contributed by atoms with E-state index in [1.54, 1.807) is 0 Å². The molecule has 1 aromatic rings. The number of hydrogen-bond donors (Lipinski definition) is 0. The third kappa shape index (κ3) is 3.70. The lowest BCUT2D eigenvalue weighted by molar-refractivity contribution is 0.0118. The Bertz CT molecular complexity index is 490. The SMILES string of the molecule is C[C@H]1CN(Cc2ncc(C(C)(C)C)s2)C[C@@H]1N1CCOCC1. The van der Waals surface area contributed by atoms with Crippen molar-refractivity contribution < 1.29 is 4.74 Å². The molecule has 2 saturated heterocycles. The monoisotopic (exact) mass is 323 g/mol. The number of nitrogens with zero attached hydrogens (tertiary/aromatic N) is 3. The molecule has 2 atom stereocenters. The van der Waals surface area contributed by atoms with Crippen molar-refractivity contribution in [1.29, 1.82) is 0 Å². The van der Waals surface area contributed by atoms with Gasteiger partial charge in [-0.05, 0) is 11.3 Å². The van der Waals surface area contributed by atoms with Crippen molar-refractivity contribution in [3.05, 3.63) is 16.1 Å². The molecule has 4 nitrogen and oxygen atoms in total. The maximum absolute atomic E-state index is 5.49. The molecule has 2 aliphatic heterocycles. The summed E-state index contributed by atoms with van der Waals surface area (Å²) in [6.07, 6.45) is 2.07. The summed E-state index contributed by atoms with van der Waals surface area (Å²) < 4.78 is 5.49. The lowest BCUT2D eigenvalue weighted by Crippen LogP contribution is -2.46. The Morgan fingerprint density at radius 3 is 2.64 bits per heavy atom. The van der Waals surface area contributed by atoms with Crippen LogP contribution < -0.4 is 0 Å². The highest BCUT2D eigenvalue weighted by atomic mass is 32.1. The van der Waals surface area contributed by atoms with Crippen LogP contribution in [-0.4, -0.2) is 60.2 Å². The molecule has 0 amide bonds. The second kappa shape index (κ2) is 6.56. The average Bonchev–Trinajstić information content (AvgIpc) is 3.07. The molecular formula is C17H29N3OS. The second-order valence-electron chi connectivity index (χ2n) is 7.76. The minimum Gasteiger partial charge on any atom is -0.379 e. The fourth-order valence-corrected chi connectivity index (χ4v) is 4.50. The Kier molecular flexibility index (Phi) is 4.88. The van der Waals surface area contributed by atoms with Crippen molar-refractivity contribution in [3.8, 4) is 0 Å². The number of morpholine rings is 1. The van der Waals surface area contributed by atoms with E-state index in [4.69, 9.17) is 4.74 Å². The molecule has 22 heavy (non-hydrogen) atoms. The number of ether oxygens (including phenoxy) is 1. The van der Waals surface area contributed by atoms with E-state index in [1.165, 1.54) is 23.0 Å². The Morgan fingerprint density at radius 2 is 2.00 bits per heavy atom. The summed E-state index contributed by atoms with van der Waals surface area (Å²) in [5.41, 5.74) is 0.213. The van der Waals surface area contributed by atoms with Crippen LogP contribution in [0.3, 0.4) is 0 Å². The van der Waals surface area contributed by atoms with E-state index < -0.39 is 0 Å². The van der Waals surface area contributed by atoms with E-state index in [1.807, 2.05) is 11.3 Å². The highest BCUT2D eigenvalue weighted by Gasteiger charge is 2.34. The summed E-state index contributed by atoms with van der Waals surface area (Å²) in [7, 11) is 0. The summed E-state index contributed by atoms with van der Waals surface area (Å²) in [4.78, 5) is 11.2. The summed E-state index contributed by atoms with van der Waals surface area (Å²) in [5, 5.41) is 1.26. The van der Waals surface area contributed by atoms with Crippen LogP contribution in [-0.2, 0) is 16.7 Å². The van der Waals surface area contributed by atoms with Crippen molar-refractivity contribution in [2.45, 2.75) is 45.7 Å². The van der Waals surface area contributed by atoms with Gasteiger partial charge in [0.15, 0.2) is 0 Å². The minimum absolute atomic E-state index is 0.213. The predicted molar refractivity (Wildman–Crippen MR) is 91.4 cm³/mol. The number of likely N-dealkylation sites (tertiary alicyclic amines) is 1. The number of aromatic nitrogens is 1. The van der Waals surface area contributed by atoms with Crippen molar-refractivity contribution >= 4 is 11.3 Å². The lowest BCUT2D eigenvalue weighted by atomic mass is 9.96. The van der Waals surface area contributed by atoms with Gasteiger partial charge < -0.3 is 4.74 Å². The molecule has 0 spiro atoms. The Hall–Kier alpha value is -0.490. The molecule has 0 saturated carbocycles. The molecule has 0 aromatic carbocycles. The van der Waals surface area contributed by atoms with E-state index >= 15 is 0 Å². The third-order valence-electron chi connectivity index (χ3n) is 4.81. The van der Waals surface area contributed by atoms with Crippen LogP contribution >= 0.6 is 11.3 Å². The van der Waals surface area contributed by atoms with Crippen LogP contribution in [0.5, 0.6) is 0 Å². The summed E-state index contributed by atoms with van der Waals surface area (Å²) in [5.74, 6) is 0.736. The molecule has 5 heteroatoms. The van der Waals surface area contributed by atoms with Gasteiger partial charge >= 0.3 is 0 Å². The van der Waals surface area contributed by atoms with Crippen LogP contribution in [0.15, 0.2) is 6.20 Å². The standard InChI is InChI=1S/C17H29N3OS/c1-13-10-19(11-14(13)20-5-7-21-8-6-20)12-16-18-9-15(22-16)17(2,3)4/h9,13-14H,5-8,10-12H2,1-4H3/t13-,14-/m0/s1. The molecular weight excluding hydrogens is 294 g/mol. The largest absolute Gasteiger partial charge is 0.379 e. The van der Waals surface area contributed by atoms with Crippen LogP contribution in [0.4, 0.5) is 0 Å². The van der Waals surface area contributed by atoms with Crippen LogP contribution in [0.2, 0.25) is 0 Å². The molecule has 3 heterocycles. The number of hydrogen-bond acceptors (Lipinski definition) is 5. The van der Waals surface area contributed by atoms with E-state index in [9.17, 15) is 0 Å². The Balaban J connectivity index is 1.59.